The Morgan fingerprint density at radius 3 is 3.10 bits per heavy atom. The van der Waals surface area contributed by atoms with Crippen molar-refractivity contribution in [3.63, 3.8) is 0 Å². The Balaban J connectivity index is 2.15. The first-order valence-electron chi connectivity index (χ1n) is 4.23. The van der Waals surface area contributed by atoms with Gasteiger partial charge in [0.25, 0.3) is 0 Å². The average Bonchev–Trinajstić information content (AvgIpc) is 2.17. The lowest BCUT2D eigenvalue weighted by Crippen LogP contribution is -2.26. The van der Waals surface area contributed by atoms with Crippen LogP contribution in [-0.2, 0) is 4.74 Å². The van der Waals surface area contributed by atoms with E-state index >= 15 is 0 Å². The summed E-state index contributed by atoms with van der Waals surface area (Å²) in [6.45, 7) is 6.45. The molecule has 1 fully saturated rings. The molecule has 1 heterocycles. The molecule has 60 valence electrons. The molecule has 0 aromatic carbocycles. The third-order valence-corrected chi connectivity index (χ3v) is 1.83. The van der Waals surface area contributed by atoms with Crippen LogP contribution in [0.25, 0.3) is 0 Å². The van der Waals surface area contributed by atoms with Crippen LogP contribution in [0.1, 0.15) is 26.2 Å². The fourth-order valence-corrected chi connectivity index (χ4v) is 1.29. The predicted molar refractivity (Wildman–Crippen MR) is 41.9 cm³/mol. The molecule has 0 bridgehead atoms. The molecule has 1 aliphatic rings. The van der Waals surface area contributed by atoms with Crippen molar-refractivity contribution in [2.24, 2.45) is 0 Å². The van der Waals surface area contributed by atoms with Gasteiger partial charge in [-0.1, -0.05) is 6.92 Å². The minimum atomic E-state index is 0.855. The van der Waals surface area contributed by atoms with Gasteiger partial charge in [0.2, 0.25) is 0 Å². The van der Waals surface area contributed by atoms with Crippen LogP contribution in [0.3, 0.4) is 0 Å². The number of rotatable bonds is 2. The Hall–Kier alpha value is -0.0800. The summed E-state index contributed by atoms with van der Waals surface area (Å²) in [5.41, 5.74) is 0. The lowest BCUT2D eigenvalue weighted by atomic mass is 10.3. The monoisotopic (exact) mass is 143 g/mol. The largest absolute Gasteiger partial charge is 0.366 e. The smallest absolute Gasteiger partial charge is 0.0990 e. The summed E-state index contributed by atoms with van der Waals surface area (Å²) in [5.74, 6) is 0. The SMILES string of the molecule is CCCN1CCCCOC1. The molecule has 0 radical (unpaired) electrons. The van der Waals surface area contributed by atoms with Crippen molar-refractivity contribution >= 4 is 0 Å². The predicted octanol–water partition coefficient (Wildman–Crippen LogP) is 1.47. The highest BCUT2D eigenvalue weighted by Gasteiger charge is 2.06. The summed E-state index contributed by atoms with van der Waals surface area (Å²) >= 11 is 0. The fourth-order valence-electron chi connectivity index (χ4n) is 1.29. The van der Waals surface area contributed by atoms with Crippen LogP contribution in [0.5, 0.6) is 0 Å². The van der Waals surface area contributed by atoms with Crippen LogP contribution >= 0.6 is 0 Å². The molecule has 0 aromatic rings. The molecule has 2 nitrogen and oxygen atoms in total. The molecule has 0 saturated carbocycles. The summed E-state index contributed by atoms with van der Waals surface area (Å²) in [5, 5.41) is 0. The Bertz CT molecular complexity index is 77.3. The molecular weight excluding hydrogens is 126 g/mol. The summed E-state index contributed by atoms with van der Waals surface area (Å²) in [4.78, 5) is 2.38. The van der Waals surface area contributed by atoms with E-state index in [0.29, 0.717) is 0 Å². The van der Waals surface area contributed by atoms with E-state index in [-0.39, 0.29) is 0 Å². The molecule has 0 spiro atoms. The van der Waals surface area contributed by atoms with Gasteiger partial charge < -0.3 is 4.74 Å². The van der Waals surface area contributed by atoms with Crippen LogP contribution in [0.15, 0.2) is 0 Å². The van der Waals surface area contributed by atoms with Crippen LogP contribution in [-0.4, -0.2) is 31.3 Å². The van der Waals surface area contributed by atoms with Gasteiger partial charge in [-0.15, -0.1) is 0 Å². The quantitative estimate of drug-likeness (QED) is 0.580. The molecule has 0 N–H and O–H groups in total. The third kappa shape index (κ3) is 2.67. The van der Waals surface area contributed by atoms with E-state index in [1.807, 2.05) is 0 Å². The summed E-state index contributed by atoms with van der Waals surface area (Å²) < 4.78 is 5.39. The molecule has 0 aliphatic carbocycles. The minimum absolute atomic E-state index is 0.855. The van der Waals surface area contributed by atoms with Gasteiger partial charge in [0.15, 0.2) is 0 Å². The van der Waals surface area contributed by atoms with Gasteiger partial charge in [-0.2, -0.15) is 0 Å². The normalized spacial score (nSPS) is 22.5. The summed E-state index contributed by atoms with van der Waals surface area (Å²) in [6, 6.07) is 0. The molecule has 0 atom stereocenters. The van der Waals surface area contributed by atoms with Crippen LogP contribution in [0.4, 0.5) is 0 Å². The van der Waals surface area contributed by atoms with Gasteiger partial charge in [0.1, 0.15) is 0 Å². The minimum Gasteiger partial charge on any atom is -0.366 e. The lowest BCUT2D eigenvalue weighted by Gasteiger charge is -2.17. The van der Waals surface area contributed by atoms with Crippen molar-refractivity contribution in [3.05, 3.63) is 0 Å². The Morgan fingerprint density at radius 2 is 2.30 bits per heavy atom. The first-order valence-corrected chi connectivity index (χ1v) is 4.23. The van der Waals surface area contributed by atoms with Crippen LogP contribution in [0.2, 0.25) is 0 Å². The second kappa shape index (κ2) is 4.69. The lowest BCUT2D eigenvalue weighted by molar-refractivity contribution is 0.0500. The van der Waals surface area contributed by atoms with Gasteiger partial charge in [0.05, 0.1) is 6.73 Å². The maximum Gasteiger partial charge on any atom is 0.0990 e. The zero-order valence-electron chi connectivity index (χ0n) is 6.81. The first kappa shape index (κ1) is 8.02. The zero-order valence-corrected chi connectivity index (χ0v) is 6.81. The number of hydrogen-bond donors (Lipinski definition) is 0. The van der Waals surface area contributed by atoms with Gasteiger partial charge >= 0.3 is 0 Å². The first-order chi connectivity index (χ1) is 4.93. The number of ether oxygens (including phenoxy) is 1. The molecule has 0 aromatic heterocycles. The maximum absolute atomic E-state index is 5.39. The number of hydrogen-bond acceptors (Lipinski definition) is 2. The van der Waals surface area contributed by atoms with Gasteiger partial charge in [-0.3, -0.25) is 4.90 Å². The Labute approximate surface area is 63.2 Å². The van der Waals surface area contributed by atoms with E-state index in [1.165, 1.54) is 32.4 Å². The van der Waals surface area contributed by atoms with Gasteiger partial charge in [0, 0.05) is 19.7 Å². The molecule has 1 rings (SSSR count). The second-order valence-electron chi connectivity index (χ2n) is 2.86. The van der Waals surface area contributed by atoms with E-state index in [2.05, 4.69) is 11.8 Å². The highest BCUT2D eigenvalue weighted by atomic mass is 16.5. The van der Waals surface area contributed by atoms with Crippen molar-refractivity contribution in [2.45, 2.75) is 26.2 Å². The molecule has 0 amide bonds. The average molecular weight is 143 g/mol. The van der Waals surface area contributed by atoms with E-state index in [1.54, 1.807) is 0 Å². The van der Waals surface area contributed by atoms with E-state index < -0.39 is 0 Å². The highest BCUT2D eigenvalue weighted by Crippen LogP contribution is 2.02. The van der Waals surface area contributed by atoms with Crippen LogP contribution < -0.4 is 0 Å². The van der Waals surface area contributed by atoms with Crippen molar-refractivity contribution in [1.82, 2.24) is 4.90 Å². The molecular formula is C8H17NO. The molecule has 2 heteroatoms. The van der Waals surface area contributed by atoms with Crippen molar-refractivity contribution in [2.75, 3.05) is 26.4 Å². The summed E-state index contributed by atoms with van der Waals surface area (Å²) in [6.07, 6.45) is 3.78. The van der Waals surface area contributed by atoms with Crippen molar-refractivity contribution in [1.29, 1.82) is 0 Å². The summed E-state index contributed by atoms with van der Waals surface area (Å²) in [7, 11) is 0. The van der Waals surface area contributed by atoms with Gasteiger partial charge in [-0.05, 0) is 19.3 Å². The van der Waals surface area contributed by atoms with Crippen molar-refractivity contribution < 1.29 is 4.74 Å². The molecule has 10 heavy (non-hydrogen) atoms. The Morgan fingerprint density at radius 1 is 1.40 bits per heavy atom. The van der Waals surface area contributed by atoms with E-state index in [9.17, 15) is 0 Å². The molecule has 1 saturated heterocycles. The van der Waals surface area contributed by atoms with Gasteiger partial charge in [-0.25, -0.2) is 0 Å². The number of nitrogens with zero attached hydrogens (tertiary/aromatic N) is 1. The molecule has 1 aliphatic heterocycles. The molecule has 0 unspecified atom stereocenters. The maximum atomic E-state index is 5.39. The Kier molecular flexibility index (Phi) is 3.76. The van der Waals surface area contributed by atoms with E-state index in [0.717, 1.165) is 13.3 Å². The van der Waals surface area contributed by atoms with Crippen LogP contribution in [0, 0.1) is 0 Å². The fraction of sp³-hybridized carbons (Fsp3) is 1.00. The standard InChI is InChI=1S/C8H17NO/c1-2-5-9-6-3-4-7-10-8-9/h2-8H2,1H3. The third-order valence-electron chi connectivity index (χ3n) is 1.83. The van der Waals surface area contributed by atoms with E-state index in [4.69, 9.17) is 4.74 Å². The topological polar surface area (TPSA) is 12.5 Å². The highest BCUT2D eigenvalue weighted by molar-refractivity contribution is 4.55. The van der Waals surface area contributed by atoms with Crippen molar-refractivity contribution in [3.8, 4) is 0 Å². The zero-order chi connectivity index (χ0) is 7.23. The second-order valence-corrected chi connectivity index (χ2v) is 2.86.